The Balaban J connectivity index is 0.000000153. The van der Waals surface area contributed by atoms with E-state index < -0.39 is 17.7 Å². The molecule has 7 aliphatic rings. The number of rotatable bonds is 21. The van der Waals surface area contributed by atoms with Gasteiger partial charge < -0.3 is 23.8 Å². The van der Waals surface area contributed by atoms with Crippen LogP contribution >= 0.6 is 0 Å². The van der Waals surface area contributed by atoms with Crippen LogP contribution in [0.25, 0.3) is 0 Å². The normalized spacial score (nSPS) is 19.2. The number of ether oxygens (including phenoxy) is 4. The maximum Gasteiger partial charge on any atom is 0.416 e. The molecule has 3 atom stereocenters. The van der Waals surface area contributed by atoms with Gasteiger partial charge in [-0.3, -0.25) is 14.7 Å². The summed E-state index contributed by atoms with van der Waals surface area (Å²) in [5.74, 6) is -2.81. The van der Waals surface area contributed by atoms with E-state index in [4.69, 9.17) is 18.9 Å². The predicted octanol–water partition coefficient (Wildman–Crippen LogP) is 24.8. The molecule has 4 fully saturated rings. The van der Waals surface area contributed by atoms with Gasteiger partial charge in [0, 0.05) is 90.1 Å². The first kappa shape index (κ1) is 89.9. The number of piperidine rings is 4. The summed E-state index contributed by atoms with van der Waals surface area (Å²) in [6.07, 6.45) is 16.0. The molecule has 0 aromatic heterocycles. The quantitative estimate of drug-likeness (QED) is 0.0521. The molecule has 3 unspecified atom stereocenters. The highest BCUT2D eigenvalue weighted by atomic mass is 19.4. The smallest absolute Gasteiger partial charge is 0.381 e. The summed E-state index contributed by atoms with van der Waals surface area (Å²) in [7, 11) is 1.76. The lowest BCUT2D eigenvalue weighted by Crippen LogP contribution is -2.48. The molecule has 4 saturated heterocycles. The molecule has 0 bridgehead atoms. The van der Waals surface area contributed by atoms with Crippen LogP contribution in [0.2, 0.25) is 0 Å². The maximum atomic E-state index is 13.7. The number of allylic oxidation sites excluding steroid dienone is 3. The number of likely N-dealkylation sites (tertiary alicyclic amines) is 4. The Morgan fingerprint density at radius 3 is 0.948 bits per heavy atom. The molecule has 0 radical (unpaired) electrons. The summed E-state index contributed by atoms with van der Waals surface area (Å²) >= 11 is 0. The van der Waals surface area contributed by atoms with Gasteiger partial charge in [-0.2, -0.15) is 13.2 Å². The molecular weight excluding hydrogens is 1450 g/mol. The molecule has 7 aromatic rings. The Morgan fingerprint density at radius 1 is 0.388 bits per heavy atom. The van der Waals surface area contributed by atoms with Crippen molar-refractivity contribution in [3.8, 4) is 0 Å². The third kappa shape index (κ3) is 22.6. The van der Waals surface area contributed by atoms with Crippen molar-refractivity contribution >= 4 is 0 Å². The van der Waals surface area contributed by atoms with Crippen molar-refractivity contribution in [1.82, 2.24) is 19.6 Å². The highest BCUT2D eigenvalue weighted by Crippen LogP contribution is 2.49. The number of benzene rings is 7. The van der Waals surface area contributed by atoms with Crippen molar-refractivity contribution in [3.05, 3.63) is 283 Å². The standard InChI is InChI=1S/C29H37F2NO.2C28H37NO.C18H26F3NO/c1-21(2)18-25(19-27(3,4)23-10-12-24(13-11-23)28(5,30)31)32-16-14-29(15-17-32)26-9-7-6-8-22(26)20-33-29;2*1-21(2)18-25(19-27(4,5)24-12-10-22(3)11-13-24)29-16-14-28(15-17-29)26-9-7-6-8-23(26)20-30-28;1-17(2,10-13-22-11-8-16(23-3)9-12-22)14-4-6-15(7-5-14)18(19,20)21/h6-13,18,25H,14-17,19-20H2,1-5H3;2*6-13,18,25H,14-17,19-20H2,1-5H3;4-7,16H,8-13H2,1-3H3. The number of aryl methyl sites for hydroxylation is 2. The summed E-state index contributed by atoms with van der Waals surface area (Å²) in [5.41, 5.74) is 19.2. The van der Waals surface area contributed by atoms with Crippen LogP contribution in [0, 0.1) is 13.8 Å². The highest BCUT2D eigenvalue weighted by Gasteiger charge is 2.48. The molecule has 3 spiro atoms. The molecule has 14 rings (SSSR count). The van der Waals surface area contributed by atoms with Crippen LogP contribution in [0.4, 0.5) is 22.0 Å². The summed E-state index contributed by atoms with van der Waals surface area (Å²) < 4.78 is 89.8. The molecule has 0 saturated carbocycles. The third-order valence-electron chi connectivity index (χ3n) is 26.8. The zero-order valence-electron chi connectivity index (χ0n) is 73.5. The number of methoxy groups -OCH3 is 1. The van der Waals surface area contributed by atoms with Crippen LogP contribution in [0.15, 0.2) is 205 Å². The largest absolute Gasteiger partial charge is 0.416 e. The van der Waals surface area contributed by atoms with Crippen LogP contribution in [-0.4, -0.2) is 110 Å². The van der Waals surface area contributed by atoms with E-state index in [1.165, 1.54) is 84.5 Å². The number of nitrogens with zero attached hydrogens (tertiary/aromatic N) is 4. The van der Waals surface area contributed by atoms with E-state index in [1.807, 2.05) is 12.1 Å². The van der Waals surface area contributed by atoms with Gasteiger partial charge in [0.2, 0.25) is 0 Å². The fourth-order valence-electron chi connectivity index (χ4n) is 19.3. The van der Waals surface area contributed by atoms with E-state index in [-0.39, 0.29) is 44.0 Å². The minimum Gasteiger partial charge on any atom is -0.381 e. The summed E-state index contributed by atoms with van der Waals surface area (Å²) in [4.78, 5) is 10.4. The van der Waals surface area contributed by atoms with E-state index in [0.717, 1.165) is 167 Å². The molecule has 13 heteroatoms. The topological polar surface area (TPSA) is 49.9 Å². The van der Waals surface area contributed by atoms with E-state index in [1.54, 1.807) is 31.4 Å². The minimum atomic E-state index is -4.27. The van der Waals surface area contributed by atoms with Gasteiger partial charge >= 0.3 is 6.18 Å². The van der Waals surface area contributed by atoms with E-state index in [0.29, 0.717) is 30.8 Å². The summed E-state index contributed by atoms with van der Waals surface area (Å²) in [5, 5.41) is 0. The first-order valence-corrected chi connectivity index (χ1v) is 43.2. The van der Waals surface area contributed by atoms with Crippen molar-refractivity contribution in [2.24, 2.45) is 0 Å². The second kappa shape index (κ2) is 37.8. The van der Waals surface area contributed by atoms with Gasteiger partial charge in [0.05, 0.1) is 48.3 Å². The van der Waals surface area contributed by atoms with E-state index in [9.17, 15) is 22.0 Å². The van der Waals surface area contributed by atoms with E-state index in [2.05, 4.69) is 270 Å². The number of halogens is 5. The highest BCUT2D eigenvalue weighted by molar-refractivity contribution is 5.40. The van der Waals surface area contributed by atoms with Gasteiger partial charge in [-0.05, 0) is 228 Å². The van der Waals surface area contributed by atoms with Gasteiger partial charge in [0.25, 0.3) is 5.92 Å². The van der Waals surface area contributed by atoms with Gasteiger partial charge in [0.1, 0.15) is 0 Å². The third-order valence-corrected chi connectivity index (χ3v) is 26.8. The molecule has 0 aliphatic carbocycles. The average molecular weight is 1590 g/mol. The molecule has 7 heterocycles. The zero-order chi connectivity index (χ0) is 83.7. The minimum absolute atomic E-state index is 0.0604. The molecule has 8 nitrogen and oxygen atoms in total. The van der Waals surface area contributed by atoms with Gasteiger partial charge in [-0.1, -0.05) is 259 Å². The Hall–Kier alpha value is -6.91. The van der Waals surface area contributed by atoms with Crippen molar-refractivity contribution < 1.29 is 40.9 Å². The Morgan fingerprint density at radius 2 is 0.664 bits per heavy atom. The van der Waals surface area contributed by atoms with Crippen LogP contribution in [0.3, 0.4) is 0 Å². The van der Waals surface area contributed by atoms with Crippen LogP contribution in [0.1, 0.15) is 259 Å². The second-order valence-electron chi connectivity index (χ2n) is 38.3. The molecule has 7 aromatic carbocycles. The zero-order valence-corrected chi connectivity index (χ0v) is 73.5. The van der Waals surface area contributed by atoms with Crippen molar-refractivity contribution in [1.29, 1.82) is 0 Å². The fourth-order valence-corrected chi connectivity index (χ4v) is 19.3. The first-order chi connectivity index (χ1) is 54.8. The Bertz CT molecular complexity index is 4240. The Kier molecular flexibility index (Phi) is 29.3. The van der Waals surface area contributed by atoms with Crippen molar-refractivity contribution in [2.45, 2.75) is 289 Å². The lowest BCUT2D eigenvalue weighted by Gasteiger charge is -2.44. The number of hydrogen-bond acceptors (Lipinski definition) is 8. The summed E-state index contributed by atoms with van der Waals surface area (Å²) in [6.45, 7) is 48.3. The number of fused-ring (bicyclic) bond motifs is 6. The van der Waals surface area contributed by atoms with E-state index >= 15 is 0 Å². The van der Waals surface area contributed by atoms with Crippen LogP contribution in [0.5, 0.6) is 0 Å². The maximum absolute atomic E-state index is 13.7. The number of hydrogen-bond donors (Lipinski definition) is 0. The predicted molar refractivity (Wildman–Crippen MR) is 468 cm³/mol. The van der Waals surface area contributed by atoms with Gasteiger partial charge in [0.15, 0.2) is 0 Å². The molecule has 0 N–H and O–H groups in total. The molecule has 116 heavy (non-hydrogen) atoms. The molecular formula is C103H137F5N4O4. The fraction of sp³-hybridized carbons (Fsp3) is 0.534. The average Bonchev–Trinajstić information content (AvgIpc) is 1.60. The lowest BCUT2D eigenvalue weighted by molar-refractivity contribution is -0.137. The Labute approximate surface area is 694 Å². The molecule has 7 aliphatic heterocycles. The van der Waals surface area contributed by atoms with Gasteiger partial charge in [-0.25, -0.2) is 8.78 Å². The van der Waals surface area contributed by atoms with Crippen molar-refractivity contribution in [3.63, 3.8) is 0 Å². The second-order valence-corrected chi connectivity index (χ2v) is 38.3. The first-order valence-electron chi connectivity index (χ1n) is 43.2. The van der Waals surface area contributed by atoms with Gasteiger partial charge in [-0.15, -0.1) is 0 Å². The SMILES string of the molecule is CC(C)=CC(CC(C)(C)c1ccc(C(C)(F)F)cc1)N1CCC2(CC1)OCc1ccccc12.CC(C)=CC(CC(C)(C)c1ccc(C)cc1)N1CCC2(CC1)OCc1ccccc12.CC(C)=CC(CC(C)(C)c1ccc(C)cc1)N1CCC2(CC1)OCc1ccccc12.COC1CCN(CCC(C)(C)c2ccc(C(F)(F)F)cc2)CC1. The van der Waals surface area contributed by atoms with Crippen LogP contribution in [-0.2, 0) is 89.3 Å². The number of alkyl halides is 5. The monoisotopic (exact) mass is 1590 g/mol. The van der Waals surface area contributed by atoms with Crippen molar-refractivity contribution in [2.75, 3.05) is 66.0 Å². The van der Waals surface area contributed by atoms with Crippen LogP contribution < -0.4 is 0 Å². The lowest BCUT2D eigenvalue weighted by atomic mass is 9.77. The molecule has 628 valence electrons. The summed E-state index contributed by atoms with van der Waals surface area (Å²) in [6, 6.07) is 58.2. The molecule has 0 amide bonds.